The summed E-state index contributed by atoms with van der Waals surface area (Å²) in [4.78, 5) is 23.6. The van der Waals surface area contributed by atoms with E-state index < -0.39 is 10.0 Å². The molecular weight excluding hydrogens is 404 g/mol. The Kier molecular flexibility index (Phi) is 7.23. The molecule has 1 aliphatic rings. The van der Waals surface area contributed by atoms with Gasteiger partial charge in [0.25, 0.3) is 0 Å². The number of nitrogens with zero attached hydrogens (tertiary/aromatic N) is 1. The summed E-state index contributed by atoms with van der Waals surface area (Å²) in [7, 11) is -3.45. The van der Waals surface area contributed by atoms with Gasteiger partial charge in [-0.25, -0.2) is 8.42 Å². The highest BCUT2D eigenvalue weighted by Crippen LogP contribution is 2.22. The number of rotatable bonds is 9. The Hall–Kier alpha value is -2.71. The quantitative estimate of drug-likeness (QED) is 0.486. The second kappa shape index (κ2) is 9.86. The van der Waals surface area contributed by atoms with Crippen LogP contribution in [0.1, 0.15) is 43.0 Å². The van der Waals surface area contributed by atoms with Crippen LogP contribution in [0.4, 0.5) is 5.69 Å². The Labute approximate surface area is 177 Å². The van der Waals surface area contributed by atoms with E-state index in [9.17, 15) is 18.0 Å². The van der Waals surface area contributed by atoms with E-state index in [0.29, 0.717) is 43.1 Å². The summed E-state index contributed by atoms with van der Waals surface area (Å²) in [6.45, 7) is 3.00. The normalized spacial score (nSPS) is 14.4. The number of nitrogens with one attached hydrogen (secondary N) is 1. The molecule has 0 atom stereocenters. The van der Waals surface area contributed by atoms with Crippen LogP contribution in [-0.4, -0.2) is 44.1 Å². The lowest BCUT2D eigenvalue weighted by Gasteiger charge is -2.15. The van der Waals surface area contributed by atoms with Crippen molar-refractivity contribution in [1.82, 2.24) is 4.31 Å². The molecule has 0 bridgehead atoms. The lowest BCUT2D eigenvalue weighted by molar-refractivity contribution is -0.116. The van der Waals surface area contributed by atoms with Crippen LogP contribution < -0.4 is 10.1 Å². The maximum absolute atomic E-state index is 12.5. The molecule has 1 aliphatic heterocycles. The van der Waals surface area contributed by atoms with Crippen LogP contribution in [0.25, 0.3) is 0 Å². The molecule has 2 aromatic carbocycles. The smallest absolute Gasteiger partial charge is 0.243 e. The van der Waals surface area contributed by atoms with E-state index in [1.807, 2.05) is 0 Å². The second-order valence-electron chi connectivity index (χ2n) is 7.22. The number of ketones is 1. The summed E-state index contributed by atoms with van der Waals surface area (Å²) in [5.74, 6) is 0.482. The van der Waals surface area contributed by atoms with Gasteiger partial charge in [-0.3, -0.25) is 9.59 Å². The van der Waals surface area contributed by atoms with Crippen LogP contribution in [0.2, 0.25) is 0 Å². The summed E-state index contributed by atoms with van der Waals surface area (Å²) >= 11 is 0. The van der Waals surface area contributed by atoms with Gasteiger partial charge in [0.05, 0.1) is 11.5 Å². The first kappa shape index (κ1) is 22.0. The van der Waals surface area contributed by atoms with E-state index in [1.54, 1.807) is 36.4 Å². The molecule has 3 rings (SSSR count). The average molecular weight is 431 g/mol. The molecule has 8 heteroatoms. The van der Waals surface area contributed by atoms with Gasteiger partial charge in [-0.2, -0.15) is 4.31 Å². The zero-order valence-corrected chi connectivity index (χ0v) is 17.8. The fourth-order valence-electron chi connectivity index (χ4n) is 3.22. The van der Waals surface area contributed by atoms with Gasteiger partial charge < -0.3 is 10.1 Å². The van der Waals surface area contributed by atoms with Crippen LogP contribution in [0, 0.1) is 0 Å². The molecule has 1 saturated heterocycles. The predicted molar refractivity (Wildman–Crippen MR) is 114 cm³/mol. The van der Waals surface area contributed by atoms with Crippen LogP contribution in [0.5, 0.6) is 5.75 Å². The highest BCUT2D eigenvalue weighted by Gasteiger charge is 2.26. The topological polar surface area (TPSA) is 92.8 Å². The maximum atomic E-state index is 12.5. The summed E-state index contributed by atoms with van der Waals surface area (Å²) in [6, 6.07) is 13.1. The Morgan fingerprint density at radius 2 is 1.63 bits per heavy atom. The van der Waals surface area contributed by atoms with Crippen molar-refractivity contribution in [2.75, 3.05) is 25.0 Å². The summed E-state index contributed by atoms with van der Waals surface area (Å²) < 4.78 is 32.1. The van der Waals surface area contributed by atoms with Gasteiger partial charge in [-0.05, 0) is 74.7 Å². The number of carbonyl (C=O) groups is 2. The molecule has 160 valence electrons. The molecule has 0 radical (unpaired) electrons. The van der Waals surface area contributed by atoms with Crippen molar-refractivity contribution in [3.63, 3.8) is 0 Å². The third kappa shape index (κ3) is 5.67. The largest absolute Gasteiger partial charge is 0.494 e. The van der Waals surface area contributed by atoms with Crippen molar-refractivity contribution in [3.05, 3.63) is 54.1 Å². The molecule has 1 fully saturated rings. The Morgan fingerprint density at radius 1 is 1.00 bits per heavy atom. The van der Waals surface area contributed by atoms with Gasteiger partial charge >= 0.3 is 0 Å². The Morgan fingerprint density at radius 3 is 2.23 bits per heavy atom. The molecule has 0 aromatic heterocycles. The van der Waals surface area contributed by atoms with Crippen LogP contribution in [0.3, 0.4) is 0 Å². The number of hydrogen-bond donors (Lipinski definition) is 1. The fourth-order valence-corrected chi connectivity index (χ4v) is 4.74. The first-order chi connectivity index (χ1) is 14.4. The third-order valence-corrected chi connectivity index (χ3v) is 6.83. The molecule has 7 nitrogen and oxygen atoms in total. The van der Waals surface area contributed by atoms with Gasteiger partial charge in [0.15, 0.2) is 5.78 Å². The van der Waals surface area contributed by atoms with E-state index in [1.165, 1.54) is 23.4 Å². The zero-order chi connectivity index (χ0) is 21.6. The predicted octanol–water partition coefficient (Wildman–Crippen LogP) is 3.47. The zero-order valence-electron chi connectivity index (χ0n) is 17.0. The van der Waals surface area contributed by atoms with Crippen molar-refractivity contribution in [2.45, 2.75) is 37.5 Å². The molecule has 0 saturated carbocycles. The van der Waals surface area contributed by atoms with Gasteiger partial charge in [0, 0.05) is 30.8 Å². The van der Waals surface area contributed by atoms with E-state index in [4.69, 9.17) is 4.74 Å². The number of sulfonamides is 1. The van der Waals surface area contributed by atoms with Crippen molar-refractivity contribution in [3.8, 4) is 5.75 Å². The SMILES string of the molecule is CC(=O)c1ccc(OCCCC(=O)Nc2ccc(S(=O)(=O)N3CCCC3)cc2)cc1. The van der Waals surface area contributed by atoms with E-state index in [2.05, 4.69) is 5.32 Å². The molecule has 0 unspecified atom stereocenters. The van der Waals surface area contributed by atoms with Crippen LogP contribution >= 0.6 is 0 Å². The molecule has 2 aromatic rings. The first-order valence-corrected chi connectivity index (χ1v) is 11.4. The number of amides is 1. The molecule has 0 aliphatic carbocycles. The summed E-state index contributed by atoms with van der Waals surface area (Å²) in [5.41, 5.74) is 1.18. The van der Waals surface area contributed by atoms with Gasteiger partial charge in [-0.1, -0.05) is 0 Å². The van der Waals surface area contributed by atoms with E-state index >= 15 is 0 Å². The van der Waals surface area contributed by atoms with Gasteiger partial charge in [0.2, 0.25) is 15.9 Å². The molecule has 1 heterocycles. The number of carbonyl (C=O) groups excluding carboxylic acids is 2. The highest BCUT2D eigenvalue weighted by atomic mass is 32.2. The number of hydrogen-bond acceptors (Lipinski definition) is 5. The number of Topliss-reactive ketones (excluding diaryl/α,β-unsaturated/α-hetero) is 1. The molecule has 30 heavy (non-hydrogen) atoms. The number of anilines is 1. The standard InChI is InChI=1S/C22H26N2O5S/c1-17(25)18-6-10-20(11-7-18)29-16-4-5-22(26)23-19-8-12-21(13-9-19)30(27,28)24-14-2-3-15-24/h6-13H,2-5,14-16H2,1H3,(H,23,26). The second-order valence-corrected chi connectivity index (χ2v) is 9.15. The Bertz CT molecular complexity index is 979. The third-order valence-electron chi connectivity index (χ3n) is 4.92. The highest BCUT2D eigenvalue weighted by molar-refractivity contribution is 7.89. The number of ether oxygens (including phenoxy) is 1. The fraction of sp³-hybridized carbons (Fsp3) is 0.364. The average Bonchev–Trinajstić information content (AvgIpc) is 3.28. The number of benzene rings is 2. The lowest BCUT2D eigenvalue weighted by atomic mass is 10.1. The Balaban J connectivity index is 1.43. The lowest BCUT2D eigenvalue weighted by Crippen LogP contribution is -2.27. The minimum atomic E-state index is -3.45. The molecular formula is C22H26N2O5S. The van der Waals surface area contributed by atoms with Gasteiger partial charge in [-0.15, -0.1) is 0 Å². The van der Waals surface area contributed by atoms with Crippen molar-refractivity contribution in [2.24, 2.45) is 0 Å². The summed E-state index contributed by atoms with van der Waals surface area (Å²) in [6.07, 6.45) is 2.59. The summed E-state index contributed by atoms with van der Waals surface area (Å²) in [5, 5.41) is 2.77. The first-order valence-electron chi connectivity index (χ1n) is 10.00. The molecule has 1 N–H and O–H groups in total. The van der Waals surface area contributed by atoms with E-state index in [0.717, 1.165) is 12.8 Å². The maximum Gasteiger partial charge on any atom is 0.243 e. The van der Waals surface area contributed by atoms with Crippen molar-refractivity contribution >= 4 is 27.4 Å². The van der Waals surface area contributed by atoms with Crippen LogP contribution in [0.15, 0.2) is 53.4 Å². The monoisotopic (exact) mass is 430 g/mol. The van der Waals surface area contributed by atoms with Crippen molar-refractivity contribution < 1.29 is 22.7 Å². The minimum Gasteiger partial charge on any atom is -0.494 e. The van der Waals surface area contributed by atoms with Crippen molar-refractivity contribution in [1.29, 1.82) is 0 Å². The molecule has 1 amide bonds. The van der Waals surface area contributed by atoms with Gasteiger partial charge in [0.1, 0.15) is 5.75 Å². The van der Waals surface area contributed by atoms with E-state index in [-0.39, 0.29) is 23.0 Å². The van der Waals surface area contributed by atoms with Crippen LogP contribution in [-0.2, 0) is 14.8 Å². The molecule has 0 spiro atoms. The minimum absolute atomic E-state index is 0.0000943.